The van der Waals surface area contributed by atoms with Crippen molar-refractivity contribution < 1.29 is 9.90 Å². The lowest BCUT2D eigenvalue weighted by molar-refractivity contribution is 0.233. The van der Waals surface area contributed by atoms with E-state index >= 15 is 0 Å². The zero-order chi connectivity index (χ0) is 15.3. The van der Waals surface area contributed by atoms with E-state index in [1.807, 2.05) is 25.1 Å². The number of halogens is 1. The van der Waals surface area contributed by atoms with E-state index in [1.54, 1.807) is 0 Å². The smallest absolute Gasteiger partial charge is 0.315 e. The molecular weight excluding hydrogens is 288 g/mol. The highest BCUT2D eigenvalue weighted by atomic mass is 35.5. The van der Waals surface area contributed by atoms with E-state index in [2.05, 4.69) is 16.7 Å². The lowest BCUT2D eigenvalue weighted by Gasteiger charge is -2.19. The number of amides is 2. The number of carbonyl (C=O) groups is 1. The number of aliphatic hydroxyl groups is 1. The quantitative estimate of drug-likeness (QED) is 0.725. The summed E-state index contributed by atoms with van der Waals surface area (Å²) in [7, 11) is 0. The lowest BCUT2D eigenvalue weighted by Crippen LogP contribution is -2.43. The van der Waals surface area contributed by atoms with Crippen molar-refractivity contribution in [2.75, 3.05) is 13.2 Å². The minimum absolute atomic E-state index is 0.0522. The molecule has 0 radical (unpaired) electrons. The van der Waals surface area contributed by atoms with Crippen molar-refractivity contribution in [1.82, 2.24) is 10.6 Å². The molecule has 1 fully saturated rings. The summed E-state index contributed by atoms with van der Waals surface area (Å²) in [5.74, 6) is 0. The van der Waals surface area contributed by atoms with Crippen LogP contribution in [0.4, 0.5) is 4.79 Å². The van der Waals surface area contributed by atoms with Crippen LogP contribution in [0.15, 0.2) is 24.3 Å². The summed E-state index contributed by atoms with van der Waals surface area (Å²) in [6, 6.07) is 7.80. The second kappa shape index (κ2) is 7.14. The van der Waals surface area contributed by atoms with Crippen LogP contribution in [0.5, 0.6) is 0 Å². The molecule has 3 N–H and O–H groups in total. The first-order valence-electron chi connectivity index (χ1n) is 7.47. The minimum Gasteiger partial charge on any atom is -0.396 e. The molecule has 1 saturated carbocycles. The van der Waals surface area contributed by atoms with Crippen LogP contribution in [0, 0.1) is 0 Å². The van der Waals surface area contributed by atoms with E-state index in [9.17, 15) is 4.79 Å². The normalized spacial score (nSPS) is 17.1. The van der Waals surface area contributed by atoms with Crippen molar-refractivity contribution >= 4 is 17.6 Å². The molecule has 116 valence electrons. The van der Waals surface area contributed by atoms with Gasteiger partial charge < -0.3 is 15.7 Å². The molecule has 0 aliphatic heterocycles. The molecule has 0 aromatic heterocycles. The number of urea groups is 1. The molecule has 5 heteroatoms. The number of hydrogen-bond donors (Lipinski definition) is 3. The summed E-state index contributed by atoms with van der Waals surface area (Å²) >= 11 is 6.04. The maximum atomic E-state index is 11.9. The average molecular weight is 311 g/mol. The van der Waals surface area contributed by atoms with E-state index in [0.717, 1.165) is 24.3 Å². The molecule has 2 amide bonds. The molecule has 2 rings (SSSR count). The number of nitrogens with one attached hydrogen (secondary N) is 2. The van der Waals surface area contributed by atoms with Crippen LogP contribution in [-0.4, -0.2) is 30.3 Å². The van der Waals surface area contributed by atoms with Crippen LogP contribution in [-0.2, 0) is 5.41 Å². The maximum Gasteiger partial charge on any atom is 0.315 e. The Morgan fingerprint density at radius 1 is 1.48 bits per heavy atom. The Bertz CT molecular complexity index is 489. The topological polar surface area (TPSA) is 61.4 Å². The molecule has 0 saturated heterocycles. The number of rotatable bonds is 7. The number of benzene rings is 1. The Hall–Kier alpha value is -1.26. The molecule has 1 aromatic rings. The molecule has 0 heterocycles. The van der Waals surface area contributed by atoms with Gasteiger partial charge in [0.15, 0.2) is 0 Å². The highest BCUT2D eigenvalue weighted by Crippen LogP contribution is 2.48. The van der Waals surface area contributed by atoms with Gasteiger partial charge in [0.1, 0.15) is 0 Å². The second-order valence-electron chi connectivity index (χ2n) is 5.88. The number of aliphatic hydroxyl groups excluding tert-OH is 1. The van der Waals surface area contributed by atoms with Gasteiger partial charge in [0.05, 0.1) is 0 Å². The maximum absolute atomic E-state index is 11.9. The summed E-state index contributed by atoms with van der Waals surface area (Å²) in [5.41, 5.74) is 1.25. The SMILES string of the molecule is CC(CCCO)NC(=O)NCC1(c2cccc(Cl)c2)CC1. The van der Waals surface area contributed by atoms with Gasteiger partial charge in [-0.3, -0.25) is 0 Å². The van der Waals surface area contributed by atoms with Crippen LogP contribution in [0.3, 0.4) is 0 Å². The predicted octanol–water partition coefficient (Wildman–Crippen LogP) is 2.83. The zero-order valence-electron chi connectivity index (χ0n) is 12.4. The fraction of sp³-hybridized carbons (Fsp3) is 0.562. The highest BCUT2D eigenvalue weighted by Gasteiger charge is 2.44. The molecule has 1 aromatic carbocycles. The molecule has 1 aliphatic carbocycles. The van der Waals surface area contributed by atoms with Gasteiger partial charge in [0.25, 0.3) is 0 Å². The van der Waals surface area contributed by atoms with E-state index in [4.69, 9.17) is 16.7 Å². The molecule has 4 nitrogen and oxygen atoms in total. The van der Waals surface area contributed by atoms with Crippen LogP contribution >= 0.6 is 11.6 Å². The Morgan fingerprint density at radius 2 is 2.24 bits per heavy atom. The van der Waals surface area contributed by atoms with Gasteiger partial charge in [0, 0.05) is 29.6 Å². The number of hydrogen-bond acceptors (Lipinski definition) is 2. The summed E-state index contributed by atoms with van der Waals surface area (Å²) in [6.45, 7) is 2.73. The molecule has 21 heavy (non-hydrogen) atoms. The second-order valence-corrected chi connectivity index (χ2v) is 6.32. The molecule has 0 spiro atoms. The first kappa shape index (κ1) is 16.1. The summed E-state index contributed by atoms with van der Waals surface area (Å²) in [6.07, 6.45) is 3.64. The highest BCUT2D eigenvalue weighted by molar-refractivity contribution is 6.30. The summed E-state index contributed by atoms with van der Waals surface area (Å²) in [4.78, 5) is 11.9. The average Bonchev–Trinajstić information content (AvgIpc) is 3.24. The van der Waals surface area contributed by atoms with Gasteiger partial charge in [-0.15, -0.1) is 0 Å². The van der Waals surface area contributed by atoms with E-state index in [-0.39, 0.29) is 24.1 Å². The zero-order valence-corrected chi connectivity index (χ0v) is 13.1. The van der Waals surface area contributed by atoms with E-state index in [1.165, 1.54) is 5.56 Å². The summed E-state index contributed by atoms with van der Waals surface area (Å²) in [5, 5.41) is 15.4. The molecule has 1 unspecified atom stereocenters. The first-order chi connectivity index (χ1) is 10.1. The van der Waals surface area contributed by atoms with Crippen LogP contribution in [0.2, 0.25) is 5.02 Å². The third-order valence-electron chi connectivity index (χ3n) is 4.05. The van der Waals surface area contributed by atoms with Gasteiger partial charge in [-0.25, -0.2) is 4.79 Å². The van der Waals surface area contributed by atoms with E-state index in [0.29, 0.717) is 13.0 Å². The van der Waals surface area contributed by atoms with Gasteiger partial charge in [-0.05, 0) is 50.3 Å². The predicted molar refractivity (Wildman–Crippen MR) is 84.7 cm³/mol. The van der Waals surface area contributed by atoms with Crippen molar-refractivity contribution in [1.29, 1.82) is 0 Å². The third-order valence-corrected chi connectivity index (χ3v) is 4.29. The summed E-state index contributed by atoms with van der Waals surface area (Å²) < 4.78 is 0. The van der Waals surface area contributed by atoms with Gasteiger partial charge >= 0.3 is 6.03 Å². The van der Waals surface area contributed by atoms with Gasteiger partial charge in [0.2, 0.25) is 0 Å². The van der Waals surface area contributed by atoms with Crippen LogP contribution < -0.4 is 10.6 Å². The van der Waals surface area contributed by atoms with Crippen LogP contribution in [0.1, 0.15) is 38.2 Å². The Labute approximate surface area is 130 Å². The van der Waals surface area contributed by atoms with Crippen LogP contribution in [0.25, 0.3) is 0 Å². The van der Waals surface area contributed by atoms with Crippen molar-refractivity contribution in [3.05, 3.63) is 34.9 Å². The fourth-order valence-electron chi connectivity index (χ4n) is 2.53. The molecule has 1 atom stereocenters. The largest absolute Gasteiger partial charge is 0.396 e. The Balaban J connectivity index is 1.81. The molecular formula is C16H23ClN2O2. The molecule has 0 bridgehead atoms. The van der Waals surface area contributed by atoms with Crippen molar-refractivity contribution in [2.45, 2.75) is 44.1 Å². The fourth-order valence-corrected chi connectivity index (χ4v) is 2.72. The van der Waals surface area contributed by atoms with Gasteiger partial charge in [-0.1, -0.05) is 23.7 Å². The van der Waals surface area contributed by atoms with E-state index < -0.39 is 0 Å². The monoisotopic (exact) mass is 310 g/mol. The Morgan fingerprint density at radius 3 is 2.86 bits per heavy atom. The molecule has 1 aliphatic rings. The standard InChI is InChI=1S/C16H23ClN2O2/c1-12(4-3-9-20)19-15(21)18-11-16(7-8-16)13-5-2-6-14(17)10-13/h2,5-6,10,12,20H,3-4,7-9,11H2,1H3,(H2,18,19,21). The lowest BCUT2D eigenvalue weighted by atomic mass is 9.96. The van der Waals surface area contributed by atoms with Crippen molar-refractivity contribution in [2.24, 2.45) is 0 Å². The number of carbonyl (C=O) groups excluding carboxylic acids is 1. The van der Waals surface area contributed by atoms with Gasteiger partial charge in [-0.2, -0.15) is 0 Å². The Kier molecular flexibility index (Phi) is 5.48. The first-order valence-corrected chi connectivity index (χ1v) is 7.85. The van der Waals surface area contributed by atoms with Crippen molar-refractivity contribution in [3.8, 4) is 0 Å². The third kappa shape index (κ3) is 4.61. The minimum atomic E-state index is -0.145. The van der Waals surface area contributed by atoms with Crippen molar-refractivity contribution in [3.63, 3.8) is 0 Å².